The third kappa shape index (κ3) is 2.81. The van der Waals surface area contributed by atoms with Crippen molar-refractivity contribution in [3.05, 3.63) is 63.6 Å². The Hall–Kier alpha value is -1.81. The summed E-state index contributed by atoms with van der Waals surface area (Å²) in [6, 6.07) is 14.0. The average molecular weight is 346 g/mol. The summed E-state index contributed by atoms with van der Waals surface area (Å²) in [5, 5.41) is 9.46. The summed E-state index contributed by atoms with van der Waals surface area (Å²) in [6.07, 6.45) is 1.89. The number of carbonyl (C=O) groups is 1. The van der Waals surface area contributed by atoms with Crippen LogP contribution in [0, 0.1) is 0 Å². The number of hydrogen-bond acceptors (Lipinski definition) is 2. The van der Waals surface area contributed by atoms with Gasteiger partial charge in [0.05, 0.1) is 11.3 Å². The maximum Gasteiger partial charge on any atom is 0.338 e. The van der Waals surface area contributed by atoms with Crippen molar-refractivity contribution in [1.29, 1.82) is 0 Å². The second-order valence-corrected chi connectivity index (χ2v) is 6.05. The molecule has 0 saturated heterocycles. The minimum atomic E-state index is -0.890. The smallest absolute Gasteiger partial charge is 0.338 e. The van der Waals surface area contributed by atoms with Gasteiger partial charge in [-0.3, -0.25) is 0 Å². The number of rotatable bonds is 2. The molecule has 1 aliphatic rings. The Balaban J connectivity index is 1.93. The Kier molecular flexibility index (Phi) is 3.97. The van der Waals surface area contributed by atoms with Gasteiger partial charge in [-0.1, -0.05) is 30.3 Å². The van der Waals surface area contributed by atoms with Gasteiger partial charge >= 0.3 is 5.97 Å². The van der Waals surface area contributed by atoms with Crippen LogP contribution < -0.4 is 4.90 Å². The first-order valence-corrected chi connectivity index (χ1v) is 7.79. The minimum Gasteiger partial charge on any atom is -0.478 e. The third-order valence-electron chi connectivity index (χ3n) is 3.97. The summed E-state index contributed by atoms with van der Waals surface area (Å²) >= 11 is 3.35. The van der Waals surface area contributed by atoms with Gasteiger partial charge in [0.1, 0.15) is 0 Å². The molecular weight excluding hydrogens is 330 g/mol. The molecule has 2 aromatic rings. The number of carboxylic acids is 1. The molecule has 3 rings (SSSR count). The van der Waals surface area contributed by atoms with E-state index in [1.54, 1.807) is 6.07 Å². The van der Waals surface area contributed by atoms with Crippen LogP contribution in [-0.4, -0.2) is 24.2 Å². The number of anilines is 1. The van der Waals surface area contributed by atoms with Gasteiger partial charge in [-0.05, 0) is 52.0 Å². The second-order valence-electron chi connectivity index (χ2n) is 5.19. The standard InChI is InChI=1S/C17H16BrNO2/c18-14-6-3-7-15(16(14)17(20)21)19-10-8-12-4-1-2-5-13(12)9-11-19/h1-7H,8-11H2,(H,20,21). The molecule has 0 bridgehead atoms. The van der Waals surface area contributed by atoms with E-state index in [1.165, 1.54) is 11.1 Å². The first-order chi connectivity index (χ1) is 10.2. The van der Waals surface area contributed by atoms with E-state index >= 15 is 0 Å². The largest absolute Gasteiger partial charge is 0.478 e. The van der Waals surface area contributed by atoms with Gasteiger partial charge in [-0.25, -0.2) is 4.79 Å². The third-order valence-corrected chi connectivity index (χ3v) is 4.63. The molecule has 0 aromatic heterocycles. The van der Waals surface area contributed by atoms with Crippen LogP contribution in [0.1, 0.15) is 21.5 Å². The van der Waals surface area contributed by atoms with Gasteiger partial charge in [0, 0.05) is 17.6 Å². The number of halogens is 1. The molecule has 0 amide bonds. The fourth-order valence-corrected chi connectivity index (χ4v) is 3.42. The van der Waals surface area contributed by atoms with Crippen molar-refractivity contribution in [3.8, 4) is 0 Å². The Morgan fingerprint density at radius 1 is 1.00 bits per heavy atom. The molecule has 108 valence electrons. The Morgan fingerprint density at radius 3 is 2.19 bits per heavy atom. The summed E-state index contributed by atoms with van der Waals surface area (Å²) < 4.78 is 0.634. The van der Waals surface area contributed by atoms with E-state index in [4.69, 9.17) is 0 Å². The summed E-state index contributed by atoms with van der Waals surface area (Å²) in [6.45, 7) is 1.68. The topological polar surface area (TPSA) is 40.5 Å². The van der Waals surface area contributed by atoms with E-state index < -0.39 is 5.97 Å². The fourth-order valence-electron chi connectivity index (χ4n) is 2.90. The zero-order valence-electron chi connectivity index (χ0n) is 11.6. The minimum absolute atomic E-state index is 0.350. The number of fused-ring (bicyclic) bond motifs is 1. The lowest BCUT2D eigenvalue weighted by atomic mass is 10.0. The highest BCUT2D eigenvalue weighted by Crippen LogP contribution is 2.29. The van der Waals surface area contributed by atoms with Crippen molar-refractivity contribution in [3.63, 3.8) is 0 Å². The van der Waals surface area contributed by atoms with E-state index in [0.717, 1.165) is 31.6 Å². The number of aromatic carboxylic acids is 1. The molecule has 0 atom stereocenters. The molecule has 3 nitrogen and oxygen atoms in total. The molecule has 0 aliphatic carbocycles. The Bertz CT molecular complexity index is 657. The fraction of sp³-hybridized carbons (Fsp3) is 0.235. The van der Waals surface area contributed by atoms with Gasteiger partial charge in [0.15, 0.2) is 0 Å². The van der Waals surface area contributed by atoms with Crippen molar-refractivity contribution in [2.75, 3.05) is 18.0 Å². The maximum atomic E-state index is 11.5. The Labute approximate surface area is 132 Å². The zero-order chi connectivity index (χ0) is 14.8. The monoisotopic (exact) mass is 345 g/mol. The molecule has 0 spiro atoms. The number of carboxylic acid groups (broad SMARTS) is 1. The molecule has 21 heavy (non-hydrogen) atoms. The van der Waals surface area contributed by atoms with Crippen LogP contribution in [0.2, 0.25) is 0 Å². The maximum absolute atomic E-state index is 11.5. The van der Waals surface area contributed by atoms with E-state index in [-0.39, 0.29) is 0 Å². The van der Waals surface area contributed by atoms with Crippen LogP contribution >= 0.6 is 15.9 Å². The normalized spacial score (nSPS) is 14.4. The highest BCUT2D eigenvalue weighted by atomic mass is 79.9. The van der Waals surface area contributed by atoms with Crippen molar-refractivity contribution in [1.82, 2.24) is 0 Å². The summed E-state index contributed by atoms with van der Waals surface area (Å²) in [7, 11) is 0. The summed E-state index contributed by atoms with van der Waals surface area (Å²) in [4.78, 5) is 13.7. The lowest BCUT2D eigenvalue weighted by molar-refractivity contribution is 0.0696. The average Bonchev–Trinajstić information content (AvgIpc) is 2.69. The van der Waals surface area contributed by atoms with Gasteiger partial charge in [0.25, 0.3) is 0 Å². The van der Waals surface area contributed by atoms with Crippen LogP contribution in [0.25, 0.3) is 0 Å². The lowest BCUT2D eigenvalue weighted by Gasteiger charge is -2.24. The molecule has 0 radical (unpaired) electrons. The molecule has 1 heterocycles. The molecule has 4 heteroatoms. The highest BCUT2D eigenvalue weighted by Gasteiger charge is 2.21. The quantitative estimate of drug-likeness (QED) is 0.900. The van der Waals surface area contributed by atoms with Crippen molar-refractivity contribution < 1.29 is 9.90 Å². The molecule has 0 unspecified atom stereocenters. The van der Waals surface area contributed by atoms with Crippen LogP contribution in [-0.2, 0) is 12.8 Å². The number of hydrogen-bond donors (Lipinski definition) is 1. The number of benzene rings is 2. The predicted octanol–water partition coefficient (Wildman–Crippen LogP) is 3.75. The summed E-state index contributed by atoms with van der Waals surface area (Å²) in [5.74, 6) is -0.890. The lowest BCUT2D eigenvalue weighted by Crippen LogP contribution is -2.27. The van der Waals surface area contributed by atoms with Crippen LogP contribution in [0.15, 0.2) is 46.9 Å². The first kappa shape index (κ1) is 14.1. The van der Waals surface area contributed by atoms with E-state index in [1.807, 2.05) is 12.1 Å². The predicted molar refractivity (Wildman–Crippen MR) is 87.2 cm³/mol. The van der Waals surface area contributed by atoms with E-state index in [0.29, 0.717) is 10.0 Å². The molecular formula is C17H16BrNO2. The molecule has 0 fully saturated rings. The van der Waals surface area contributed by atoms with Gasteiger partial charge in [-0.15, -0.1) is 0 Å². The first-order valence-electron chi connectivity index (χ1n) is 7.00. The van der Waals surface area contributed by atoms with Gasteiger partial charge in [-0.2, -0.15) is 0 Å². The zero-order valence-corrected chi connectivity index (χ0v) is 13.1. The highest BCUT2D eigenvalue weighted by molar-refractivity contribution is 9.10. The number of nitrogens with zero attached hydrogens (tertiary/aromatic N) is 1. The summed E-state index contributed by atoms with van der Waals surface area (Å²) in [5.41, 5.74) is 3.88. The van der Waals surface area contributed by atoms with Gasteiger partial charge in [0.2, 0.25) is 0 Å². The van der Waals surface area contributed by atoms with Crippen molar-refractivity contribution in [2.24, 2.45) is 0 Å². The Morgan fingerprint density at radius 2 is 1.62 bits per heavy atom. The molecule has 0 saturated carbocycles. The van der Waals surface area contributed by atoms with Crippen molar-refractivity contribution in [2.45, 2.75) is 12.8 Å². The van der Waals surface area contributed by atoms with Gasteiger partial charge < -0.3 is 10.0 Å². The van der Waals surface area contributed by atoms with Crippen LogP contribution in [0.4, 0.5) is 5.69 Å². The molecule has 1 N–H and O–H groups in total. The van der Waals surface area contributed by atoms with Crippen LogP contribution in [0.3, 0.4) is 0 Å². The second kappa shape index (κ2) is 5.90. The SMILES string of the molecule is O=C(O)c1c(Br)cccc1N1CCc2ccccc2CC1. The van der Waals surface area contributed by atoms with Crippen LogP contribution in [0.5, 0.6) is 0 Å². The van der Waals surface area contributed by atoms with Crippen molar-refractivity contribution >= 4 is 27.6 Å². The van der Waals surface area contributed by atoms with E-state index in [2.05, 4.69) is 45.1 Å². The van der Waals surface area contributed by atoms with E-state index in [9.17, 15) is 9.90 Å². The molecule has 1 aliphatic heterocycles. The molecule has 2 aromatic carbocycles.